The molecule has 3 nitrogen and oxygen atoms in total. The van der Waals surface area contributed by atoms with Crippen molar-refractivity contribution in [2.24, 2.45) is 7.05 Å². The van der Waals surface area contributed by atoms with Gasteiger partial charge in [-0.05, 0) is 25.5 Å². The fraction of sp³-hybridized carbons (Fsp3) is 0.357. The first-order valence-corrected chi connectivity index (χ1v) is 5.85. The topological polar surface area (TPSA) is 31.2 Å². The third-order valence-electron chi connectivity index (χ3n) is 3.03. The van der Waals surface area contributed by atoms with Crippen LogP contribution in [0.3, 0.4) is 0 Å². The van der Waals surface area contributed by atoms with Crippen molar-refractivity contribution in [1.29, 1.82) is 0 Å². The molecule has 1 unspecified atom stereocenters. The third-order valence-corrected chi connectivity index (χ3v) is 3.03. The summed E-state index contributed by atoms with van der Waals surface area (Å²) in [6.07, 6.45) is 2.01. The van der Waals surface area contributed by atoms with Crippen LogP contribution in [0.5, 0.6) is 0 Å². The van der Waals surface area contributed by atoms with Crippen molar-refractivity contribution in [3.05, 3.63) is 36.0 Å². The van der Waals surface area contributed by atoms with Gasteiger partial charge in [0.1, 0.15) is 0 Å². The average molecular weight is 231 g/mol. The Balaban J connectivity index is 2.45. The van der Waals surface area contributed by atoms with Crippen molar-refractivity contribution in [3.63, 3.8) is 0 Å². The molecule has 2 aromatic rings. The molecule has 1 heterocycles. The molecule has 1 aromatic carbocycles. The van der Waals surface area contributed by atoms with Crippen molar-refractivity contribution in [2.75, 3.05) is 6.61 Å². The molecule has 0 saturated carbocycles. The maximum Gasteiger partial charge on any atom is 0.313 e. The van der Waals surface area contributed by atoms with E-state index < -0.39 is 0 Å². The Morgan fingerprint density at radius 1 is 1.41 bits per heavy atom. The molecule has 0 radical (unpaired) electrons. The lowest BCUT2D eigenvalue weighted by Crippen LogP contribution is -2.12. The summed E-state index contributed by atoms with van der Waals surface area (Å²) in [7, 11) is 1.99. The van der Waals surface area contributed by atoms with E-state index in [1.54, 1.807) is 0 Å². The molecule has 0 aliphatic carbocycles. The molecule has 0 N–H and O–H groups in total. The van der Waals surface area contributed by atoms with Crippen molar-refractivity contribution < 1.29 is 9.53 Å². The van der Waals surface area contributed by atoms with Gasteiger partial charge in [-0.15, -0.1) is 0 Å². The quantitative estimate of drug-likeness (QED) is 0.761. The van der Waals surface area contributed by atoms with Crippen molar-refractivity contribution >= 4 is 16.9 Å². The predicted molar refractivity (Wildman–Crippen MR) is 68.0 cm³/mol. The second kappa shape index (κ2) is 4.62. The highest BCUT2D eigenvalue weighted by atomic mass is 16.5. The van der Waals surface area contributed by atoms with Gasteiger partial charge in [0.05, 0.1) is 12.5 Å². The Morgan fingerprint density at radius 3 is 2.82 bits per heavy atom. The van der Waals surface area contributed by atoms with Crippen LogP contribution in [-0.2, 0) is 16.6 Å². The standard InChI is InChI=1S/C14H17NO2/c1-4-17-14(16)10(2)12-9-15(3)13-8-6-5-7-11(12)13/h5-10H,4H2,1-3H3. The second-order valence-electron chi connectivity index (χ2n) is 4.19. The second-order valence-corrected chi connectivity index (χ2v) is 4.19. The normalized spacial score (nSPS) is 12.6. The molecule has 0 aliphatic heterocycles. The van der Waals surface area contributed by atoms with Crippen LogP contribution in [0.1, 0.15) is 25.3 Å². The molecule has 0 amide bonds. The number of carbonyl (C=O) groups is 1. The smallest absolute Gasteiger partial charge is 0.313 e. The number of rotatable bonds is 3. The Bertz CT molecular complexity index is 542. The summed E-state index contributed by atoms with van der Waals surface area (Å²) in [4.78, 5) is 11.8. The average Bonchev–Trinajstić information content (AvgIpc) is 2.67. The molecule has 1 aromatic heterocycles. The summed E-state index contributed by atoms with van der Waals surface area (Å²) in [5.41, 5.74) is 2.17. The Kier molecular flexibility index (Phi) is 3.18. The van der Waals surface area contributed by atoms with Crippen molar-refractivity contribution in [3.8, 4) is 0 Å². The predicted octanol–water partition coefficient (Wildman–Crippen LogP) is 2.84. The first-order chi connectivity index (χ1) is 8.15. The van der Waals surface area contributed by atoms with Gasteiger partial charge in [0.15, 0.2) is 0 Å². The SMILES string of the molecule is CCOC(=O)C(C)c1cn(C)c2ccccc12. The Hall–Kier alpha value is -1.77. The van der Waals surface area contributed by atoms with Crippen molar-refractivity contribution in [1.82, 2.24) is 4.57 Å². The van der Waals surface area contributed by atoms with Gasteiger partial charge in [-0.3, -0.25) is 4.79 Å². The van der Waals surface area contributed by atoms with E-state index in [0.717, 1.165) is 16.5 Å². The van der Waals surface area contributed by atoms with E-state index >= 15 is 0 Å². The molecular formula is C14H17NO2. The van der Waals surface area contributed by atoms with Gasteiger partial charge >= 0.3 is 5.97 Å². The summed E-state index contributed by atoms with van der Waals surface area (Å²) in [5, 5.41) is 1.12. The number of benzene rings is 1. The maximum atomic E-state index is 11.8. The first-order valence-electron chi connectivity index (χ1n) is 5.85. The summed E-state index contributed by atoms with van der Waals surface area (Å²) in [5.74, 6) is -0.384. The number of aromatic nitrogens is 1. The Morgan fingerprint density at radius 2 is 2.12 bits per heavy atom. The minimum absolute atomic E-state index is 0.163. The van der Waals surface area contributed by atoms with Gasteiger partial charge in [-0.1, -0.05) is 18.2 Å². The highest BCUT2D eigenvalue weighted by Crippen LogP contribution is 2.27. The zero-order valence-corrected chi connectivity index (χ0v) is 10.4. The van der Waals surface area contributed by atoms with Gasteiger partial charge in [-0.25, -0.2) is 0 Å². The largest absolute Gasteiger partial charge is 0.466 e. The van der Waals surface area contributed by atoms with E-state index in [1.165, 1.54) is 0 Å². The van der Waals surface area contributed by atoms with Crippen LogP contribution in [0.4, 0.5) is 0 Å². The lowest BCUT2D eigenvalue weighted by atomic mass is 10.0. The maximum absolute atomic E-state index is 11.8. The molecule has 0 saturated heterocycles. The summed E-state index contributed by atoms with van der Waals surface area (Å²) < 4.78 is 7.11. The molecule has 0 aliphatic rings. The number of ether oxygens (including phenoxy) is 1. The highest BCUT2D eigenvalue weighted by Gasteiger charge is 2.20. The van der Waals surface area contributed by atoms with E-state index in [0.29, 0.717) is 6.61 Å². The number of para-hydroxylation sites is 1. The summed E-state index contributed by atoms with van der Waals surface area (Å²) >= 11 is 0. The van der Waals surface area contributed by atoms with Gasteiger partial charge < -0.3 is 9.30 Å². The molecule has 17 heavy (non-hydrogen) atoms. The molecule has 0 fully saturated rings. The first kappa shape index (κ1) is 11.7. The van der Waals surface area contributed by atoms with Crippen LogP contribution in [0.15, 0.2) is 30.5 Å². The van der Waals surface area contributed by atoms with E-state index in [-0.39, 0.29) is 11.9 Å². The minimum Gasteiger partial charge on any atom is -0.466 e. The van der Waals surface area contributed by atoms with Gasteiger partial charge in [0.25, 0.3) is 0 Å². The van der Waals surface area contributed by atoms with E-state index in [4.69, 9.17) is 4.74 Å². The fourth-order valence-electron chi connectivity index (χ4n) is 2.11. The monoisotopic (exact) mass is 231 g/mol. The highest BCUT2D eigenvalue weighted by molar-refractivity contribution is 5.90. The number of hydrogen-bond donors (Lipinski definition) is 0. The fourth-order valence-corrected chi connectivity index (χ4v) is 2.11. The zero-order valence-electron chi connectivity index (χ0n) is 10.4. The number of aryl methyl sites for hydroxylation is 1. The van der Waals surface area contributed by atoms with E-state index in [9.17, 15) is 4.79 Å². The van der Waals surface area contributed by atoms with Crippen LogP contribution in [0, 0.1) is 0 Å². The third kappa shape index (κ3) is 2.05. The van der Waals surface area contributed by atoms with E-state index in [1.807, 2.05) is 49.9 Å². The molecule has 0 bridgehead atoms. The minimum atomic E-state index is -0.221. The summed E-state index contributed by atoms with van der Waals surface area (Å²) in [6, 6.07) is 8.09. The number of fused-ring (bicyclic) bond motifs is 1. The number of hydrogen-bond acceptors (Lipinski definition) is 2. The van der Waals surface area contributed by atoms with Crippen LogP contribution in [-0.4, -0.2) is 17.1 Å². The number of carbonyl (C=O) groups excluding carboxylic acids is 1. The van der Waals surface area contributed by atoms with Crippen LogP contribution < -0.4 is 0 Å². The van der Waals surface area contributed by atoms with Crippen LogP contribution in [0.2, 0.25) is 0 Å². The molecule has 1 atom stereocenters. The summed E-state index contributed by atoms with van der Waals surface area (Å²) in [6.45, 7) is 4.14. The number of nitrogens with zero attached hydrogens (tertiary/aromatic N) is 1. The number of esters is 1. The molecule has 0 spiro atoms. The molecule has 2 rings (SSSR count). The van der Waals surface area contributed by atoms with Crippen LogP contribution in [0.25, 0.3) is 10.9 Å². The zero-order chi connectivity index (χ0) is 12.4. The Labute approximate surface area is 101 Å². The lowest BCUT2D eigenvalue weighted by Gasteiger charge is -2.09. The van der Waals surface area contributed by atoms with E-state index in [2.05, 4.69) is 6.07 Å². The van der Waals surface area contributed by atoms with Gasteiger partial charge in [0, 0.05) is 24.1 Å². The van der Waals surface area contributed by atoms with Gasteiger partial charge in [-0.2, -0.15) is 0 Å². The van der Waals surface area contributed by atoms with Gasteiger partial charge in [0.2, 0.25) is 0 Å². The van der Waals surface area contributed by atoms with Crippen LogP contribution >= 0.6 is 0 Å². The molecular weight excluding hydrogens is 214 g/mol. The molecule has 3 heteroatoms. The lowest BCUT2D eigenvalue weighted by molar-refractivity contribution is -0.144. The molecule has 90 valence electrons. The van der Waals surface area contributed by atoms with Crippen molar-refractivity contribution in [2.45, 2.75) is 19.8 Å².